The number of aryl methyl sites for hydroxylation is 1. The molecule has 0 unspecified atom stereocenters. The van der Waals surface area contributed by atoms with Crippen LogP contribution in [0.25, 0.3) is 49.4 Å². The summed E-state index contributed by atoms with van der Waals surface area (Å²) in [5, 5.41) is 3.90. The Labute approximate surface area is 160 Å². The molecule has 0 radical (unpaired) electrons. The second-order valence-electron chi connectivity index (χ2n) is 7.27. The molecule has 0 amide bonds. The van der Waals surface area contributed by atoms with Crippen LogP contribution in [-0.2, 0) is 0 Å². The van der Waals surface area contributed by atoms with E-state index in [0.29, 0.717) is 0 Å². The van der Waals surface area contributed by atoms with Gasteiger partial charge in [-0.05, 0) is 53.3 Å². The average Bonchev–Trinajstić information content (AvgIpc) is 3.13. The number of benzene rings is 4. The minimum absolute atomic E-state index is 0.00795. The van der Waals surface area contributed by atoms with Crippen molar-refractivity contribution in [3.05, 3.63) is 94.8 Å². The number of hydrogen-bond donors (Lipinski definition) is 0. The molecule has 4 aromatic carbocycles. The summed E-state index contributed by atoms with van der Waals surface area (Å²) >= 11 is 0. The van der Waals surface area contributed by atoms with Gasteiger partial charge in [0.1, 0.15) is 5.65 Å². The van der Waals surface area contributed by atoms with Gasteiger partial charge in [-0.3, -0.25) is 9.20 Å². The van der Waals surface area contributed by atoms with E-state index in [1.54, 1.807) is 4.40 Å². The number of imidazole rings is 1. The van der Waals surface area contributed by atoms with E-state index in [0.717, 1.165) is 54.9 Å². The molecular formula is C25H16N2O. The van der Waals surface area contributed by atoms with Crippen molar-refractivity contribution in [2.45, 2.75) is 6.92 Å². The molecule has 6 aromatic rings. The van der Waals surface area contributed by atoms with Crippen molar-refractivity contribution < 1.29 is 0 Å². The molecule has 0 aliphatic carbocycles. The lowest BCUT2D eigenvalue weighted by Gasteiger charge is -2.14. The third-order valence-electron chi connectivity index (χ3n) is 5.69. The zero-order valence-corrected chi connectivity index (χ0v) is 15.3. The lowest BCUT2D eigenvalue weighted by atomic mass is 9.91. The van der Waals surface area contributed by atoms with Crippen molar-refractivity contribution in [3.63, 3.8) is 0 Å². The van der Waals surface area contributed by atoms with Gasteiger partial charge in [0.05, 0.1) is 11.0 Å². The first-order valence-corrected chi connectivity index (χ1v) is 9.38. The summed E-state index contributed by atoms with van der Waals surface area (Å²) in [7, 11) is 0. The first kappa shape index (κ1) is 15.3. The maximum Gasteiger partial charge on any atom is 0.264 e. The lowest BCUT2D eigenvalue weighted by molar-refractivity contribution is 1.19. The molecule has 6 rings (SSSR count). The Morgan fingerprint density at radius 2 is 1.50 bits per heavy atom. The van der Waals surface area contributed by atoms with Gasteiger partial charge in [0.2, 0.25) is 0 Å². The minimum Gasteiger partial charge on any atom is -0.268 e. The summed E-state index contributed by atoms with van der Waals surface area (Å²) in [6.45, 7) is 2.11. The number of hydrogen-bond acceptors (Lipinski definition) is 2. The number of pyridine rings is 1. The Balaban J connectivity index is 1.91. The van der Waals surface area contributed by atoms with E-state index in [4.69, 9.17) is 4.98 Å². The normalized spacial score (nSPS) is 11.9. The zero-order chi connectivity index (χ0) is 18.8. The van der Waals surface area contributed by atoms with Crippen LogP contribution in [0.5, 0.6) is 0 Å². The molecule has 2 aromatic heterocycles. The van der Waals surface area contributed by atoms with E-state index in [9.17, 15) is 4.79 Å². The maximum atomic E-state index is 13.5. The molecule has 0 bridgehead atoms. The van der Waals surface area contributed by atoms with E-state index in [1.165, 1.54) is 0 Å². The second kappa shape index (κ2) is 5.40. The predicted molar refractivity (Wildman–Crippen MR) is 115 cm³/mol. The Bertz CT molecular complexity index is 1580. The largest absolute Gasteiger partial charge is 0.268 e. The summed E-state index contributed by atoms with van der Waals surface area (Å²) < 4.78 is 1.75. The fourth-order valence-corrected chi connectivity index (χ4v) is 4.42. The van der Waals surface area contributed by atoms with Crippen molar-refractivity contribution in [2.75, 3.05) is 0 Å². The highest BCUT2D eigenvalue weighted by Gasteiger charge is 2.18. The first-order chi connectivity index (χ1) is 13.7. The Hall–Kier alpha value is -3.72. The maximum absolute atomic E-state index is 13.5. The fourth-order valence-electron chi connectivity index (χ4n) is 4.42. The average molecular weight is 360 g/mol. The number of nitrogens with zero attached hydrogens (tertiary/aromatic N) is 2. The van der Waals surface area contributed by atoms with Crippen LogP contribution in [-0.4, -0.2) is 9.38 Å². The molecule has 0 atom stereocenters. The van der Waals surface area contributed by atoms with Crippen LogP contribution in [0, 0.1) is 6.92 Å². The van der Waals surface area contributed by atoms with Gasteiger partial charge in [-0.1, -0.05) is 54.6 Å². The monoisotopic (exact) mass is 360 g/mol. The quantitative estimate of drug-likeness (QED) is 0.384. The molecule has 3 heteroatoms. The molecule has 2 heterocycles. The SMILES string of the molecule is Cc1ccc2c(=O)n3c4ccccc4nc3c3ccc(-c4ccccc4)c1c23. The van der Waals surface area contributed by atoms with Crippen LogP contribution in [0.2, 0.25) is 0 Å². The van der Waals surface area contributed by atoms with Crippen molar-refractivity contribution in [1.29, 1.82) is 0 Å². The van der Waals surface area contributed by atoms with E-state index in [2.05, 4.69) is 37.3 Å². The zero-order valence-electron chi connectivity index (χ0n) is 15.3. The van der Waals surface area contributed by atoms with Gasteiger partial charge in [-0.2, -0.15) is 0 Å². The lowest BCUT2D eigenvalue weighted by Crippen LogP contribution is -2.13. The van der Waals surface area contributed by atoms with Gasteiger partial charge in [-0.25, -0.2) is 4.98 Å². The van der Waals surface area contributed by atoms with Gasteiger partial charge < -0.3 is 0 Å². The molecule has 28 heavy (non-hydrogen) atoms. The Kier molecular flexibility index (Phi) is 2.96. The summed E-state index contributed by atoms with van der Waals surface area (Å²) in [4.78, 5) is 18.3. The van der Waals surface area contributed by atoms with Crippen LogP contribution in [0.3, 0.4) is 0 Å². The van der Waals surface area contributed by atoms with Crippen molar-refractivity contribution >= 4 is 38.2 Å². The molecule has 0 N–H and O–H groups in total. The third kappa shape index (κ3) is 1.88. The van der Waals surface area contributed by atoms with E-state index < -0.39 is 0 Å². The standard InChI is InChI=1S/C25H16N2O/c1-15-11-12-19-23-18(14-13-17(22(15)23)16-7-3-2-4-8-16)24-26-20-9-5-6-10-21(20)27(24)25(19)28/h2-14H,1H3. The van der Waals surface area contributed by atoms with Gasteiger partial charge in [0.25, 0.3) is 5.56 Å². The van der Waals surface area contributed by atoms with E-state index >= 15 is 0 Å². The first-order valence-electron chi connectivity index (χ1n) is 9.38. The molecule has 0 saturated heterocycles. The summed E-state index contributed by atoms with van der Waals surface area (Å²) in [5.41, 5.74) is 5.89. The Morgan fingerprint density at radius 1 is 0.750 bits per heavy atom. The predicted octanol–water partition coefficient (Wildman–Crippen LogP) is 5.57. The molecule has 3 nitrogen and oxygen atoms in total. The fraction of sp³-hybridized carbons (Fsp3) is 0.0400. The summed E-state index contributed by atoms with van der Waals surface area (Å²) in [6, 6.07) is 26.4. The number of para-hydroxylation sites is 2. The van der Waals surface area contributed by atoms with Crippen LogP contribution in [0.1, 0.15) is 5.56 Å². The molecule has 0 saturated carbocycles. The topological polar surface area (TPSA) is 34.4 Å². The van der Waals surface area contributed by atoms with E-state index in [1.807, 2.05) is 48.5 Å². The Morgan fingerprint density at radius 3 is 2.36 bits per heavy atom. The van der Waals surface area contributed by atoms with Crippen LogP contribution in [0.15, 0.2) is 83.7 Å². The van der Waals surface area contributed by atoms with Crippen LogP contribution < -0.4 is 5.56 Å². The molecule has 0 aliphatic heterocycles. The molecule has 0 fully saturated rings. The molecule has 0 aliphatic rings. The third-order valence-corrected chi connectivity index (χ3v) is 5.69. The van der Waals surface area contributed by atoms with Gasteiger partial charge in [0, 0.05) is 16.2 Å². The number of fused-ring (bicyclic) bond motifs is 4. The van der Waals surface area contributed by atoms with Crippen LogP contribution >= 0.6 is 0 Å². The van der Waals surface area contributed by atoms with Gasteiger partial charge in [0.15, 0.2) is 0 Å². The highest BCUT2D eigenvalue weighted by Crippen LogP contribution is 2.37. The van der Waals surface area contributed by atoms with Gasteiger partial charge in [-0.15, -0.1) is 0 Å². The van der Waals surface area contributed by atoms with Crippen molar-refractivity contribution in [2.24, 2.45) is 0 Å². The smallest absolute Gasteiger partial charge is 0.264 e. The molecular weight excluding hydrogens is 344 g/mol. The summed E-state index contributed by atoms with van der Waals surface area (Å²) in [6.07, 6.45) is 0. The summed E-state index contributed by atoms with van der Waals surface area (Å²) in [5.74, 6) is 0. The van der Waals surface area contributed by atoms with Gasteiger partial charge >= 0.3 is 0 Å². The highest BCUT2D eigenvalue weighted by atomic mass is 16.1. The second-order valence-corrected chi connectivity index (χ2v) is 7.27. The van der Waals surface area contributed by atoms with Crippen LogP contribution in [0.4, 0.5) is 0 Å². The van der Waals surface area contributed by atoms with Crippen molar-refractivity contribution in [3.8, 4) is 11.1 Å². The minimum atomic E-state index is -0.00795. The molecule has 0 spiro atoms. The molecule has 132 valence electrons. The van der Waals surface area contributed by atoms with Crippen molar-refractivity contribution in [1.82, 2.24) is 9.38 Å². The highest BCUT2D eigenvalue weighted by molar-refractivity contribution is 6.20. The number of rotatable bonds is 1. The van der Waals surface area contributed by atoms with E-state index in [-0.39, 0.29) is 5.56 Å². The number of aromatic nitrogens is 2.